The number of nitrogens with two attached hydrogens (primary N) is 1. The Hall–Kier alpha value is -2.09. The highest BCUT2D eigenvalue weighted by molar-refractivity contribution is 7.11. The van der Waals surface area contributed by atoms with Gasteiger partial charge in [-0.25, -0.2) is 0 Å². The number of carbonyl (C=O) groups excluding carboxylic acids is 1. The standard InChI is InChI=1S/C15H11ClN2OS/c1-9(15(18)19)4-13-5-12(8-20-13)10-2-3-11(7-17)14(16)6-10/h2-6,8H,1H3,(H2,18,19)/b9-4+. The van der Waals surface area contributed by atoms with E-state index in [0.717, 1.165) is 16.0 Å². The van der Waals surface area contributed by atoms with Gasteiger partial charge in [0.2, 0.25) is 5.91 Å². The van der Waals surface area contributed by atoms with Crippen molar-refractivity contribution < 1.29 is 4.79 Å². The number of hydrogen-bond acceptors (Lipinski definition) is 3. The summed E-state index contributed by atoms with van der Waals surface area (Å²) in [5.41, 5.74) is 8.09. The second-order valence-corrected chi connectivity index (χ2v) is 5.59. The van der Waals surface area contributed by atoms with Crippen molar-refractivity contribution in [1.29, 1.82) is 5.26 Å². The van der Waals surface area contributed by atoms with Crippen LogP contribution in [0, 0.1) is 11.3 Å². The van der Waals surface area contributed by atoms with Gasteiger partial charge >= 0.3 is 0 Å². The van der Waals surface area contributed by atoms with Crippen LogP contribution in [-0.2, 0) is 4.79 Å². The number of halogens is 1. The average Bonchev–Trinajstić information content (AvgIpc) is 2.87. The lowest BCUT2D eigenvalue weighted by Gasteiger charge is -2.00. The first kappa shape index (κ1) is 14.3. The monoisotopic (exact) mass is 302 g/mol. The molecule has 0 aliphatic heterocycles. The highest BCUT2D eigenvalue weighted by atomic mass is 35.5. The number of hydrogen-bond donors (Lipinski definition) is 1. The normalized spacial score (nSPS) is 11.2. The lowest BCUT2D eigenvalue weighted by molar-refractivity contribution is -0.114. The van der Waals surface area contributed by atoms with Gasteiger partial charge in [0.25, 0.3) is 0 Å². The molecule has 0 aliphatic rings. The molecule has 3 nitrogen and oxygen atoms in total. The van der Waals surface area contributed by atoms with Crippen molar-refractivity contribution in [3.05, 3.63) is 50.7 Å². The Kier molecular flexibility index (Phi) is 4.23. The topological polar surface area (TPSA) is 66.9 Å². The Bertz CT molecular complexity index is 741. The van der Waals surface area contributed by atoms with E-state index in [1.54, 1.807) is 25.1 Å². The first-order valence-electron chi connectivity index (χ1n) is 5.78. The van der Waals surface area contributed by atoms with E-state index in [4.69, 9.17) is 22.6 Å². The Morgan fingerprint density at radius 1 is 1.40 bits per heavy atom. The minimum absolute atomic E-state index is 0.429. The molecule has 100 valence electrons. The molecule has 2 N–H and O–H groups in total. The minimum atomic E-state index is -0.429. The molecule has 0 radical (unpaired) electrons. The fourth-order valence-corrected chi connectivity index (χ4v) is 2.78. The SMILES string of the molecule is C/C(=C\c1cc(-c2ccc(C#N)c(Cl)c2)cs1)C(N)=O. The van der Waals surface area contributed by atoms with E-state index in [-0.39, 0.29) is 0 Å². The average molecular weight is 303 g/mol. The zero-order valence-corrected chi connectivity index (χ0v) is 12.3. The van der Waals surface area contributed by atoms with Gasteiger partial charge in [0.1, 0.15) is 6.07 Å². The molecule has 1 heterocycles. The predicted octanol–water partition coefficient (Wildman–Crippen LogP) is 3.83. The van der Waals surface area contributed by atoms with Crippen LogP contribution in [0.1, 0.15) is 17.4 Å². The Balaban J connectivity index is 2.34. The highest BCUT2D eigenvalue weighted by Crippen LogP contribution is 2.30. The zero-order chi connectivity index (χ0) is 14.7. The van der Waals surface area contributed by atoms with E-state index in [0.29, 0.717) is 16.2 Å². The van der Waals surface area contributed by atoms with Crippen molar-refractivity contribution in [1.82, 2.24) is 0 Å². The third-order valence-corrected chi connectivity index (χ3v) is 3.98. The van der Waals surface area contributed by atoms with Crippen LogP contribution in [0.2, 0.25) is 5.02 Å². The molecule has 0 saturated heterocycles. The van der Waals surface area contributed by atoms with Crippen LogP contribution in [0.15, 0.2) is 35.2 Å². The number of carbonyl (C=O) groups is 1. The van der Waals surface area contributed by atoms with Gasteiger partial charge < -0.3 is 5.73 Å². The van der Waals surface area contributed by atoms with Crippen LogP contribution >= 0.6 is 22.9 Å². The molecule has 5 heteroatoms. The number of benzene rings is 1. The Labute approximate surface area is 125 Å². The summed E-state index contributed by atoms with van der Waals surface area (Å²) >= 11 is 7.53. The maximum atomic E-state index is 11.0. The first-order valence-corrected chi connectivity index (χ1v) is 7.03. The van der Waals surface area contributed by atoms with Crippen molar-refractivity contribution in [2.24, 2.45) is 5.73 Å². The summed E-state index contributed by atoms with van der Waals surface area (Å²) in [7, 11) is 0. The summed E-state index contributed by atoms with van der Waals surface area (Å²) in [6.45, 7) is 1.68. The molecule has 1 amide bonds. The van der Waals surface area contributed by atoms with Crippen molar-refractivity contribution in [3.63, 3.8) is 0 Å². The van der Waals surface area contributed by atoms with Gasteiger partial charge in [0, 0.05) is 10.5 Å². The number of amides is 1. The molecule has 0 atom stereocenters. The first-order chi connectivity index (χ1) is 9.51. The van der Waals surface area contributed by atoms with Crippen LogP contribution < -0.4 is 5.73 Å². The molecule has 2 rings (SSSR count). The summed E-state index contributed by atoms with van der Waals surface area (Å²) < 4.78 is 0. The van der Waals surface area contributed by atoms with Gasteiger partial charge in [0.05, 0.1) is 10.6 Å². The summed E-state index contributed by atoms with van der Waals surface area (Å²) in [4.78, 5) is 11.9. The third-order valence-electron chi connectivity index (χ3n) is 2.79. The van der Waals surface area contributed by atoms with Crippen molar-refractivity contribution in [2.75, 3.05) is 0 Å². The number of thiophene rings is 1. The van der Waals surface area contributed by atoms with E-state index >= 15 is 0 Å². The molecule has 0 aliphatic carbocycles. The second-order valence-electron chi connectivity index (χ2n) is 4.24. The molecular weight excluding hydrogens is 292 g/mol. The van der Waals surface area contributed by atoms with Crippen LogP contribution in [0.25, 0.3) is 17.2 Å². The van der Waals surface area contributed by atoms with Gasteiger partial charge in [-0.3, -0.25) is 4.79 Å². The summed E-state index contributed by atoms with van der Waals surface area (Å²) in [6, 6.07) is 9.28. The van der Waals surface area contributed by atoms with Gasteiger partial charge in [-0.2, -0.15) is 5.26 Å². The maximum Gasteiger partial charge on any atom is 0.244 e. The van der Waals surface area contributed by atoms with E-state index in [1.807, 2.05) is 23.6 Å². The summed E-state index contributed by atoms with van der Waals surface area (Å²) in [5.74, 6) is -0.429. The summed E-state index contributed by atoms with van der Waals surface area (Å²) in [6.07, 6.45) is 1.75. The third kappa shape index (κ3) is 3.08. The Morgan fingerprint density at radius 2 is 2.15 bits per heavy atom. The quantitative estimate of drug-likeness (QED) is 0.876. The van der Waals surface area contributed by atoms with Crippen molar-refractivity contribution >= 4 is 34.9 Å². The minimum Gasteiger partial charge on any atom is -0.366 e. The molecule has 1 aromatic carbocycles. The lowest BCUT2D eigenvalue weighted by Crippen LogP contribution is -2.11. The molecule has 0 unspecified atom stereocenters. The fourth-order valence-electron chi connectivity index (χ4n) is 1.65. The van der Waals surface area contributed by atoms with Crippen LogP contribution in [-0.4, -0.2) is 5.91 Å². The van der Waals surface area contributed by atoms with Gasteiger partial charge in [-0.05, 0) is 47.7 Å². The fraction of sp³-hybridized carbons (Fsp3) is 0.0667. The van der Waals surface area contributed by atoms with E-state index in [1.165, 1.54) is 11.3 Å². The van der Waals surface area contributed by atoms with Gasteiger partial charge in [-0.1, -0.05) is 17.7 Å². The largest absolute Gasteiger partial charge is 0.366 e. The number of nitriles is 1. The number of rotatable bonds is 3. The predicted molar refractivity (Wildman–Crippen MR) is 82.3 cm³/mol. The maximum absolute atomic E-state index is 11.0. The van der Waals surface area contributed by atoms with E-state index < -0.39 is 5.91 Å². The van der Waals surface area contributed by atoms with Crippen molar-refractivity contribution in [2.45, 2.75) is 6.92 Å². The molecule has 0 saturated carbocycles. The molecule has 20 heavy (non-hydrogen) atoms. The van der Waals surface area contributed by atoms with Gasteiger partial charge in [-0.15, -0.1) is 11.3 Å². The molecule has 0 bridgehead atoms. The molecule has 2 aromatic rings. The van der Waals surface area contributed by atoms with E-state index in [2.05, 4.69) is 0 Å². The Morgan fingerprint density at radius 3 is 2.75 bits per heavy atom. The molecule has 0 spiro atoms. The smallest absolute Gasteiger partial charge is 0.244 e. The number of primary amides is 1. The van der Waals surface area contributed by atoms with Gasteiger partial charge in [0.15, 0.2) is 0 Å². The van der Waals surface area contributed by atoms with Crippen LogP contribution in [0.4, 0.5) is 0 Å². The second kappa shape index (κ2) is 5.91. The zero-order valence-electron chi connectivity index (χ0n) is 10.7. The van der Waals surface area contributed by atoms with E-state index in [9.17, 15) is 4.79 Å². The van der Waals surface area contributed by atoms with Crippen molar-refractivity contribution in [3.8, 4) is 17.2 Å². The molecular formula is C15H11ClN2OS. The molecule has 1 aromatic heterocycles. The number of nitrogens with zero attached hydrogens (tertiary/aromatic N) is 1. The highest BCUT2D eigenvalue weighted by Gasteiger charge is 2.06. The lowest BCUT2D eigenvalue weighted by atomic mass is 10.1. The summed E-state index contributed by atoms with van der Waals surface area (Å²) in [5, 5.41) is 11.3. The van der Waals surface area contributed by atoms with Crippen LogP contribution in [0.3, 0.4) is 0 Å². The molecule has 0 fully saturated rings. The van der Waals surface area contributed by atoms with Crippen LogP contribution in [0.5, 0.6) is 0 Å².